The summed E-state index contributed by atoms with van der Waals surface area (Å²) in [5.41, 5.74) is -1.33. The predicted octanol–water partition coefficient (Wildman–Crippen LogP) is 8.70. The number of nitro benzene ring substituents is 2. The van der Waals surface area contributed by atoms with Crippen molar-refractivity contribution in [3.63, 3.8) is 0 Å². The van der Waals surface area contributed by atoms with Gasteiger partial charge in [-0.25, -0.2) is 4.98 Å². The van der Waals surface area contributed by atoms with Gasteiger partial charge in [-0.2, -0.15) is 0 Å². The monoisotopic (exact) mass is 775 g/mol. The summed E-state index contributed by atoms with van der Waals surface area (Å²) < 4.78 is 31.0. The lowest BCUT2D eigenvalue weighted by molar-refractivity contribution is -0.394. The van der Waals surface area contributed by atoms with Crippen molar-refractivity contribution in [2.75, 3.05) is 6.61 Å². The summed E-state index contributed by atoms with van der Waals surface area (Å²) in [6.45, 7) is 33.0. The van der Waals surface area contributed by atoms with E-state index in [2.05, 4.69) is 107 Å². The van der Waals surface area contributed by atoms with Crippen LogP contribution in [-0.2, 0) is 18.0 Å². The van der Waals surface area contributed by atoms with E-state index < -0.39 is 76.3 Å². The Bertz CT molecular complexity index is 1890. The molecule has 1 aliphatic rings. The maximum Gasteiger partial charge on any atom is 0.300 e. The van der Waals surface area contributed by atoms with Gasteiger partial charge in [-0.05, 0) is 66.5 Å². The Balaban J connectivity index is 1.95. The quantitative estimate of drug-likeness (QED) is 0.105. The Morgan fingerprint density at radius 1 is 0.808 bits per heavy atom. The Morgan fingerprint density at radius 2 is 1.35 bits per heavy atom. The number of nitrogens with zero attached hydrogens (tertiary/aromatic N) is 5. The van der Waals surface area contributed by atoms with E-state index >= 15 is 0 Å². The molecule has 4 rings (SSSR count). The summed E-state index contributed by atoms with van der Waals surface area (Å²) in [5, 5.41) is 23.1. The number of nitro groups is 2. The highest BCUT2D eigenvalue weighted by atomic mass is 28.4. The van der Waals surface area contributed by atoms with Crippen LogP contribution in [-0.4, -0.2) is 73.8 Å². The molecule has 17 heteroatoms. The number of benzene rings is 1. The average molecular weight is 776 g/mol. The van der Waals surface area contributed by atoms with Crippen LogP contribution in [0.4, 0.5) is 11.4 Å². The van der Waals surface area contributed by atoms with Crippen LogP contribution in [0, 0.1) is 20.2 Å². The molecule has 1 saturated heterocycles. The number of hydrogen-bond acceptors (Lipinski definition) is 10. The number of hydrogen-bond donors (Lipinski definition) is 0. The molecule has 52 heavy (non-hydrogen) atoms. The lowest BCUT2D eigenvalue weighted by Crippen LogP contribution is -2.54. The highest BCUT2D eigenvalue weighted by molar-refractivity contribution is 6.75. The van der Waals surface area contributed by atoms with E-state index in [0.29, 0.717) is 5.52 Å². The lowest BCUT2D eigenvalue weighted by Gasteiger charge is -2.44. The third kappa shape index (κ3) is 8.05. The second kappa shape index (κ2) is 14.0. The molecule has 0 N–H and O–H groups in total. The van der Waals surface area contributed by atoms with Gasteiger partial charge in [-0.1, -0.05) is 62.3 Å². The summed E-state index contributed by atoms with van der Waals surface area (Å²) in [5.74, 6) is 0. The van der Waals surface area contributed by atoms with Crippen molar-refractivity contribution in [3.05, 3.63) is 67.4 Å². The van der Waals surface area contributed by atoms with Gasteiger partial charge < -0.3 is 22.6 Å². The van der Waals surface area contributed by atoms with Crippen molar-refractivity contribution < 1.29 is 27.9 Å². The standard InChI is InChI=1S/C35H57N5O9Si3/c1-33(2,3)50(10,11)46-21-27-29(48-51(12,13)34(4,5)6)30(49-52(14,15)35(7,8)9)32(47-27)37-19-18-24-28(37)31(41)38(22-36-24)25-17-16-23(39(42)43)20-26(25)40(44)45/h16-20,22,27,29-30,32H,21H2,1-15H3/t27-,29-,30-,32-/m1/s1. The molecule has 0 bridgehead atoms. The first-order valence-corrected chi connectivity index (χ1v) is 26.4. The van der Waals surface area contributed by atoms with Crippen molar-refractivity contribution in [2.24, 2.45) is 0 Å². The molecule has 14 nitrogen and oxygen atoms in total. The van der Waals surface area contributed by atoms with E-state index in [9.17, 15) is 25.0 Å². The van der Waals surface area contributed by atoms with Gasteiger partial charge in [0.05, 0.1) is 28.0 Å². The molecule has 3 aromatic rings. The zero-order valence-corrected chi connectivity index (χ0v) is 36.4. The molecule has 2 aromatic heterocycles. The minimum atomic E-state index is -2.50. The van der Waals surface area contributed by atoms with E-state index in [4.69, 9.17) is 18.0 Å². The fraction of sp³-hybridized carbons (Fsp3) is 0.657. The van der Waals surface area contributed by atoms with E-state index in [-0.39, 0.29) is 32.9 Å². The Kier molecular flexibility index (Phi) is 11.2. The topological polar surface area (TPSA) is 163 Å². The first kappa shape index (κ1) is 41.7. The summed E-state index contributed by atoms with van der Waals surface area (Å²) >= 11 is 0. The predicted molar refractivity (Wildman–Crippen MR) is 210 cm³/mol. The first-order valence-electron chi connectivity index (χ1n) is 17.7. The fourth-order valence-electron chi connectivity index (χ4n) is 5.28. The third-order valence-electron chi connectivity index (χ3n) is 11.7. The van der Waals surface area contributed by atoms with Crippen LogP contribution in [0.15, 0.2) is 41.6 Å². The molecule has 0 radical (unpaired) electrons. The fourth-order valence-corrected chi connectivity index (χ4v) is 8.90. The summed E-state index contributed by atoms with van der Waals surface area (Å²) in [6, 6.07) is 4.84. The molecule has 3 heterocycles. The molecule has 288 valence electrons. The molecule has 1 aromatic carbocycles. The number of fused-ring (bicyclic) bond motifs is 1. The van der Waals surface area contributed by atoms with Crippen LogP contribution < -0.4 is 5.56 Å². The summed E-state index contributed by atoms with van der Waals surface area (Å²) in [7, 11) is -7.17. The molecule has 0 saturated carbocycles. The maximum absolute atomic E-state index is 14.4. The van der Waals surface area contributed by atoms with Crippen molar-refractivity contribution >= 4 is 47.4 Å². The van der Waals surface area contributed by atoms with Crippen molar-refractivity contribution in [2.45, 2.75) is 141 Å². The number of aromatic nitrogens is 3. The van der Waals surface area contributed by atoms with Crippen LogP contribution in [0.25, 0.3) is 16.7 Å². The minimum absolute atomic E-state index is 0.0499. The molecule has 0 amide bonds. The normalized spacial score (nSPS) is 20.8. The van der Waals surface area contributed by atoms with Crippen molar-refractivity contribution in [1.29, 1.82) is 0 Å². The summed E-state index contributed by atoms with van der Waals surface area (Å²) in [4.78, 5) is 40.9. The van der Waals surface area contributed by atoms with Gasteiger partial charge in [0.25, 0.3) is 16.9 Å². The molecule has 1 fully saturated rings. The largest absolute Gasteiger partial charge is 0.414 e. The molecule has 0 aliphatic carbocycles. The van der Waals surface area contributed by atoms with Crippen molar-refractivity contribution in [3.8, 4) is 5.69 Å². The van der Waals surface area contributed by atoms with E-state index in [0.717, 1.165) is 16.7 Å². The number of rotatable bonds is 11. The Labute approximate surface area is 309 Å². The highest BCUT2D eigenvalue weighted by Crippen LogP contribution is 2.47. The Hall–Kier alpha value is -3.07. The van der Waals surface area contributed by atoms with Crippen LogP contribution in [0.2, 0.25) is 54.4 Å². The molecular formula is C35H57N5O9Si3. The second-order valence-corrected chi connectivity index (χ2v) is 32.7. The van der Waals surface area contributed by atoms with Crippen LogP contribution in [0.5, 0.6) is 0 Å². The second-order valence-electron chi connectivity index (χ2n) is 18.4. The average Bonchev–Trinajstić information content (AvgIpc) is 3.55. The highest BCUT2D eigenvalue weighted by Gasteiger charge is 2.55. The number of ether oxygens (including phenoxy) is 1. The van der Waals surface area contributed by atoms with Gasteiger partial charge in [0, 0.05) is 12.3 Å². The maximum atomic E-state index is 14.4. The molecule has 4 atom stereocenters. The lowest BCUT2D eigenvalue weighted by atomic mass is 10.1. The van der Waals surface area contributed by atoms with E-state index in [1.807, 2.05) is 0 Å². The van der Waals surface area contributed by atoms with Gasteiger partial charge in [-0.15, -0.1) is 0 Å². The van der Waals surface area contributed by atoms with Crippen molar-refractivity contribution in [1.82, 2.24) is 14.1 Å². The first-order chi connectivity index (χ1) is 23.5. The van der Waals surface area contributed by atoms with Gasteiger partial charge >= 0.3 is 0 Å². The van der Waals surface area contributed by atoms with Crippen LogP contribution in [0.1, 0.15) is 68.5 Å². The Morgan fingerprint density at radius 3 is 1.85 bits per heavy atom. The zero-order chi connectivity index (χ0) is 39.6. The molecular weight excluding hydrogens is 719 g/mol. The number of non-ortho nitro benzene ring substituents is 1. The van der Waals surface area contributed by atoms with Gasteiger partial charge in [0.1, 0.15) is 35.8 Å². The van der Waals surface area contributed by atoms with Gasteiger partial charge in [0.2, 0.25) is 0 Å². The molecule has 0 unspecified atom stereocenters. The van der Waals surface area contributed by atoms with E-state index in [1.165, 1.54) is 12.4 Å². The molecule has 0 spiro atoms. The smallest absolute Gasteiger partial charge is 0.300 e. The van der Waals surface area contributed by atoms with Gasteiger partial charge in [0.15, 0.2) is 31.2 Å². The third-order valence-corrected chi connectivity index (χ3v) is 25.1. The zero-order valence-electron chi connectivity index (χ0n) is 33.4. The molecule has 1 aliphatic heterocycles. The van der Waals surface area contributed by atoms with Gasteiger partial charge in [-0.3, -0.25) is 29.6 Å². The van der Waals surface area contributed by atoms with Crippen LogP contribution >= 0.6 is 0 Å². The van der Waals surface area contributed by atoms with E-state index in [1.54, 1.807) is 16.8 Å². The summed E-state index contributed by atoms with van der Waals surface area (Å²) in [6.07, 6.45) is 0.335. The van der Waals surface area contributed by atoms with Crippen LogP contribution in [0.3, 0.4) is 0 Å². The SMILES string of the molecule is CC(C)(C)[Si](C)(C)OC[C@H]1O[C@@H](n2ccc3ncn(-c4ccc([N+](=O)[O-])cc4[N+](=O)[O-])c(=O)c32)[C@H](O[Si](C)(C)C(C)(C)C)[C@@H]1O[Si](C)(C)C(C)(C)C. The minimum Gasteiger partial charge on any atom is -0.414 e.